The topological polar surface area (TPSA) is 95.1 Å². The maximum absolute atomic E-state index is 12.0. The van der Waals surface area contributed by atoms with Crippen molar-refractivity contribution >= 4 is 12.1 Å². The van der Waals surface area contributed by atoms with Gasteiger partial charge < -0.3 is 15.8 Å². The van der Waals surface area contributed by atoms with Gasteiger partial charge in [-0.15, -0.1) is 0 Å². The number of carbonyl (C=O) groups excluding carboxylic acids is 1. The molecule has 162 valence electrons. The van der Waals surface area contributed by atoms with E-state index in [9.17, 15) is 4.79 Å². The second-order valence-corrected chi connectivity index (χ2v) is 7.13. The highest BCUT2D eigenvalue weighted by molar-refractivity contribution is 5.92. The molecule has 1 atom stereocenters. The first kappa shape index (κ1) is 21.3. The van der Waals surface area contributed by atoms with Crippen molar-refractivity contribution in [3.8, 4) is 22.8 Å². The summed E-state index contributed by atoms with van der Waals surface area (Å²) in [7, 11) is 1.50. The minimum Gasteiger partial charge on any atom is -0.457 e. The number of nitrogens with zero attached hydrogens (tertiary/aromatic N) is 3. The summed E-state index contributed by atoms with van der Waals surface area (Å²) in [6.45, 7) is 0.773. The van der Waals surface area contributed by atoms with Gasteiger partial charge in [0.15, 0.2) is 6.29 Å². The quantitative estimate of drug-likeness (QED) is 0.455. The highest BCUT2D eigenvalue weighted by Crippen LogP contribution is 2.36. The van der Waals surface area contributed by atoms with Crippen LogP contribution in [-0.4, -0.2) is 34.6 Å². The molecule has 2 aromatic carbocycles. The van der Waals surface area contributed by atoms with Gasteiger partial charge in [0.25, 0.3) is 0 Å². The molecule has 7 heteroatoms. The Kier molecular flexibility index (Phi) is 6.57. The fourth-order valence-corrected chi connectivity index (χ4v) is 3.81. The zero-order chi connectivity index (χ0) is 22.3. The number of hydrogen-bond donors (Lipinski definition) is 2. The lowest BCUT2D eigenvalue weighted by Crippen LogP contribution is -2.24. The van der Waals surface area contributed by atoms with Gasteiger partial charge in [-0.3, -0.25) is 9.78 Å². The van der Waals surface area contributed by atoms with Crippen LogP contribution in [0.4, 0.5) is 5.82 Å². The number of benzene rings is 2. The lowest BCUT2D eigenvalue weighted by Gasteiger charge is -2.26. The van der Waals surface area contributed by atoms with Gasteiger partial charge in [-0.25, -0.2) is 4.68 Å². The number of rotatable bonds is 5. The molecule has 0 spiro atoms. The van der Waals surface area contributed by atoms with E-state index in [0.29, 0.717) is 11.3 Å². The van der Waals surface area contributed by atoms with E-state index in [-0.39, 0.29) is 6.04 Å². The maximum Gasteiger partial charge on any atom is 0.156 e. The van der Waals surface area contributed by atoms with E-state index in [1.54, 1.807) is 6.20 Å². The van der Waals surface area contributed by atoms with Crippen molar-refractivity contribution in [1.82, 2.24) is 14.8 Å². The van der Waals surface area contributed by atoms with Crippen molar-refractivity contribution in [2.24, 2.45) is 5.73 Å². The molecule has 0 amide bonds. The monoisotopic (exact) mass is 427 g/mol. The lowest BCUT2D eigenvalue weighted by molar-refractivity contribution is 0.112. The van der Waals surface area contributed by atoms with Gasteiger partial charge in [0.2, 0.25) is 0 Å². The molecule has 1 aliphatic rings. The summed E-state index contributed by atoms with van der Waals surface area (Å²) >= 11 is 0. The van der Waals surface area contributed by atoms with E-state index in [0.717, 1.165) is 47.7 Å². The Bertz CT molecular complexity index is 1160. The average Bonchev–Trinajstić information content (AvgIpc) is 3.26. The van der Waals surface area contributed by atoms with Crippen LogP contribution in [-0.2, 0) is 0 Å². The molecule has 2 aromatic heterocycles. The Morgan fingerprint density at radius 2 is 1.78 bits per heavy atom. The zero-order valence-corrected chi connectivity index (χ0v) is 17.8. The normalized spacial score (nSPS) is 14.4. The second kappa shape index (κ2) is 9.89. The molecule has 3 heterocycles. The molecule has 5 rings (SSSR count). The Balaban J connectivity index is 0.00000119. The molecule has 0 bridgehead atoms. The van der Waals surface area contributed by atoms with Crippen molar-refractivity contribution in [3.05, 3.63) is 90.3 Å². The van der Waals surface area contributed by atoms with E-state index in [1.807, 2.05) is 77.6 Å². The largest absolute Gasteiger partial charge is 0.457 e. The number of nitrogens with one attached hydrogen (secondary N) is 1. The Hall–Kier alpha value is -3.97. The van der Waals surface area contributed by atoms with Gasteiger partial charge in [0.05, 0.1) is 11.6 Å². The minimum atomic E-state index is 0.0445. The van der Waals surface area contributed by atoms with Crippen LogP contribution in [0.25, 0.3) is 11.3 Å². The average molecular weight is 428 g/mol. The highest BCUT2D eigenvalue weighted by atomic mass is 16.5. The number of ether oxygens (including phenoxy) is 1. The summed E-state index contributed by atoms with van der Waals surface area (Å²) in [4.78, 5) is 16.2. The molecular formula is C25H25N5O2. The third kappa shape index (κ3) is 4.24. The molecule has 0 radical (unpaired) electrons. The first-order valence-electron chi connectivity index (χ1n) is 10.5. The van der Waals surface area contributed by atoms with Gasteiger partial charge in [0.1, 0.15) is 23.0 Å². The van der Waals surface area contributed by atoms with E-state index >= 15 is 0 Å². The van der Waals surface area contributed by atoms with E-state index in [2.05, 4.69) is 16.0 Å². The fourth-order valence-electron chi connectivity index (χ4n) is 3.81. The predicted molar refractivity (Wildman–Crippen MR) is 125 cm³/mol. The molecule has 0 saturated heterocycles. The van der Waals surface area contributed by atoms with E-state index in [4.69, 9.17) is 9.84 Å². The van der Waals surface area contributed by atoms with Crippen molar-refractivity contribution in [2.45, 2.75) is 12.5 Å². The molecule has 0 saturated carbocycles. The summed E-state index contributed by atoms with van der Waals surface area (Å²) in [5.41, 5.74) is 7.68. The number of nitrogens with two attached hydrogens (primary N) is 1. The van der Waals surface area contributed by atoms with Gasteiger partial charge >= 0.3 is 0 Å². The lowest BCUT2D eigenvalue weighted by atomic mass is 10.0. The third-order valence-electron chi connectivity index (χ3n) is 5.25. The molecule has 0 fully saturated rings. The highest BCUT2D eigenvalue weighted by Gasteiger charge is 2.28. The fraction of sp³-hybridized carbons (Fsp3) is 0.160. The van der Waals surface area contributed by atoms with Crippen LogP contribution in [0.5, 0.6) is 11.5 Å². The number of pyridine rings is 1. The molecular weight excluding hydrogens is 402 g/mol. The number of anilines is 1. The first-order chi connectivity index (χ1) is 15.8. The number of aromatic nitrogens is 3. The Morgan fingerprint density at radius 3 is 2.47 bits per heavy atom. The molecule has 0 aliphatic carbocycles. The van der Waals surface area contributed by atoms with Crippen LogP contribution < -0.4 is 15.8 Å². The van der Waals surface area contributed by atoms with Crippen LogP contribution in [0.1, 0.15) is 28.4 Å². The summed E-state index contributed by atoms with van der Waals surface area (Å²) in [5.74, 6) is 2.26. The number of carbonyl (C=O) groups is 1. The van der Waals surface area contributed by atoms with Gasteiger partial charge in [-0.2, -0.15) is 5.10 Å². The molecule has 4 aromatic rings. The third-order valence-corrected chi connectivity index (χ3v) is 5.25. The Labute approximate surface area is 186 Å². The van der Waals surface area contributed by atoms with Crippen LogP contribution >= 0.6 is 0 Å². The summed E-state index contributed by atoms with van der Waals surface area (Å²) < 4.78 is 7.78. The van der Waals surface area contributed by atoms with E-state index in [1.165, 1.54) is 7.05 Å². The summed E-state index contributed by atoms with van der Waals surface area (Å²) in [6, 6.07) is 21.3. The molecule has 7 nitrogen and oxygen atoms in total. The number of para-hydroxylation sites is 1. The second-order valence-electron chi connectivity index (χ2n) is 7.13. The van der Waals surface area contributed by atoms with Crippen molar-refractivity contribution in [1.29, 1.82) is 0 Å². The van der Waals surface area contributed by atoms with Crippen LogP contribution in [0.3, 0.4) is 0 Å². The predicted octanol–water partition coefficient (Wildman–Crippen LogP) is 4.53. The summed E-state index contributed by atoms with van der Waals surface area (Å²) in [6.07, 6.45) is 5.37. The molecule has 32 heavy (non-hydrogen) atoms. The molecule has 3 N–H and O–H groups in total. The van der Waals surface area contributed by atoms with E-state index < -0.39 is 0 Å². The van der Waals surface area contributed by atoms with Crippen molar-refractivity contribution in [3.63, 3.8) is 0 Å². The van der Waals surface area contributed by atoms with Crippen molar-refractivity contribution < 1.29 is 9.53 Å². The van der Waals surface area contributed by atoms with Gasteiger partial charge in [-0.05, 0) is 61.5 Å². The summed E-state index contributed by atoms with van der Waals surface area (Å²) in [5, 5.41) is 8.16. The molecule has 1 aliphatic heterocycles. The Morgan fingerprint density at radius 1 is 1.03 bits per heavy atom. The smallest absolute Gasteiger partial charge is 0.156 e. The van der Waals surface area contributed by atoms with Crippen LogP contribution in [0.2, 0.25) is 0 Å². The number of fused-ring (bicyclic) bond motifs is 1. The van der Waals surface area contributed by atoms with Crippen LogP contribution in [0, 0.1) is 0 Å². The van der Waals surface area contributed by atoms with Crippen molar-refractivity contribution in [2.75, 3.05) is 18.9 Å². The SMILES string of the molecule is CN.O=Cc1c(-c2ccc(Oc3ccccc3)cc2)nn2c1NCCC2c1cccnc1. The molecule has 1 unspecified atom stereocenters. The number of aldehydes is 1. The minimum absolute atomic E-state index is 0.0445. The standard InChI is InChI=1S/C24H20N4O2.CH5N/c29-16-21-23(17-8-10-20(11-9-17)30-19-6-2-1-3-7-19)27-28-22(12-14-26-24(21)28)18-5-4-13-25-15-18;1-2/h1-11,13,15-16,22,26H,12,14H2;2H2,1H3. The first-order valence-corrected chi connectivity index (χ1v) is 10.5. The maximum atomic E-state index is 12.0. The van der Waals surface area contributed by atoms with Gasteiger partial charge in [0, 0.05) is 24.5 Å². The van der Waals surface area contributed by atoms with Crippen LogP contribution in [0.15, 0.2) is 79.1 Å². The number of hydrogen-bond acceptors (Lipinski definition) is 6. The zero-order valence-electron chi connectivity index (χ0n) is 17.8. The van der Waals surface area contributed by atoms with Gasteiger partial charge in [-0.1, -0.05) is 24.3 Å².